The summed E-state index contributed by atoms with van der Waals surface area (Å²) in [5.74, 6) is 1.30. The second-order valence-corrected chi connectivity index (χ2v) is 6.94. The first-order valence-corrected chi connectivity index (χ1v) is 10.2. The molecule has 2 aromatic rings. The summed E-state index contributed by atoms with van der Waals surface area (Å²) in [6.45, 7) is 5.93. The van der Waals surface area contributed by atoms with Gasteiger partial charge in [0, 0.05) is 25.7 Å². The number of rotatable bonds is 9. The summed E-state index contributed by atoms with van der Waals surface area (Å²) < 4.78 is 5.86. The van der Waals surface area contributed by atoms with E-state index in [0.29, 0.717) is 29.4 Å². The van der Waals surface area contributed by atoms with Crippen LogP contribution in [0.25, 0.3) is 0 Å². The average molecular weight is 545 g/mol. The summed E-state index contributed by atoms with van der Waals surface area (Å²) in [5.41, 5.74) is 1.75. The SMILES string of the molecule is CCNC(=NCC(C)Oc1ccccc1Cl)NCCc1cccc(C(=O)NC)c1.I. The minimum Gasteiger partial charge on any atom is -0.487 e. The van der Waals surface area contributed by atoms with E-state index in [1.807, 2.05) is 56.3 Å². The molecule has 0 spiro atoms. The Hall–Kier alpha value is -2.00. The van der Waals surface area contributed by atoms with E-state index in [2.05, 4.69) is 20.9 Å². The Labute approximate surface area is 200 Å². The highest BCUT2D eigenvalue weighted by atomic mass is 127. The van der Waals surface area contributed by atoms with Gasteiger partial charge in [0.1, 0.15) is 11.9 Å². The third-order valence-electron chi connectivity index (χ3n) is 4.14. The van der Waals surface area contributed by atoms with Crippen molar-refractivity contribution in [2.75, 3.05) is 26.7 Å². The first-order chi connectivity index (χ1) is 14.0. The molecule has 0 heterocycles. The molecule has 2 rings (SSSR count). The summed E-state index contributed by atoms with van der Waals surface area (Å²) in [5, 5.41) is 9.78. The van der Waals surface area contributed by atoms with Gasteiger partial charge in [-0.1, -0.05) is 35.9 Å². The van der Waals surface area contributed by atoms with Gasteiger partial charge in [-0.15, -0.1) is 24.0 Å². The zero-order valence-electron chi connectivity index (χ0n) is 17.6. The molecule has 0 aliphatic heterocycles. The van der Waals surface area contributed by atoms with Crippen molar-refractivity contribution in [1.29, 1.82) is 0 Å². The van der Waals surface area contributed by atoms with Crippen LogP contribution in [0.1, 0.15) is 29.8 Å². The van der Waals surface area contributed by atoms with Crippen molar-refractivity contribution < 1.29 is 9.53 Å². The van der Waals surface area contributed by atoms with Gasteiger partial charge in [0.25, 0.3) is 5.91 Å². The molecule has 0 aliphatic carbocycles. The average Bonchev–Trinajstić information content (AvgIpc) is 2.73. The van der Waals surface area contributed by atoms with Crippen LogP contribution < -0.4 is 20.7 Å². The van der Waals surface area contributed by atoms with Crippen molar-refractivity contribution in [3.63, 3.8) is 0 Å². The van der Waals surface area contributed by atoms with Crippen LogP contribution in [-0.2, 0) is 6.42 Å². The van der Waals surface area contributed by atoms with Crippen LogP contribution in [0, 0.1) is 0 Å². The number of guanidine groups is 1. The molecule has 6 nitrogen and oxygen atoms in total. The van der Waals surface area contributed by atoms with Crippen molar-refractivity contribution in [2.45, 2.75) is 26.4 Å². The third kappa shape index (κ3) is 8.79. The maximum Gasteiger partial charge on any atom is 0.251 e. The van der Waals surface area contributed by atoms with E-state index in [0.717, 1.165) is 24.5 Å². The molecule has 0 aromatic heterocycles. The van der Waals surface area contributed by atoms with Crippen molar-refractivity contribution >= 4 is 47.4 Å². The van der Waals surface area contributed by atoms with E-state index in [1.54, 1.807) is 13.1 Å². The van der Waals surface area contributed by atoms with Gasteiger partial charge in [-0.3, -0.25) is 4.79 Å². The van der Waals surface area contributed by atoms with Gasteiger partial charge in [0.15, 0.2) is 5.96 Å². The first-order valence-electron chi connectivity index (χ1n) is 9.77. The van der Waals surface area contributed by atoms with E-state index in [1.165, 1.54) is 0 Å². The summed E-state index contributed by atoms with van der Waals surface area (Å²) in [4.78, 5) is 16.3. The molecule has 3 N–H and O–H groups in total. The Kier molecular flexibility index (Phi) is 12.2. The smallest absolute Gasteiger partial charge is 0.251 e. The minimum absolute atomic E-state index is 0. The number of aliphatic imine (C=N–C) groups is 1. The number of nitrogens with one attached hydrogen (secondary N) is 3. The Morgan fingerprint density at radius 2 is 1.93 bits per heavy atom. The highest BCUT2D eigenvalue weighted by Gasteiger charge is 2.08. The third-order valence-corrected chi connectivity index (χ3v) is 4.45. The lowest BCUT2D eigenvalue weighted by atomic mass is 10.1. The number of nitrogens with zero attached hydrogens (tertiary/aromatic N) is 1. The molecular weight excluding hydrogens is 515 g/mol. The molecule has 30 heavy (non-hydrogen) atoms. The highest BCUT2D eigenvalue weighted by Crippen LogP contribution is 2.24. The van der Waals surface area contributed by atoms with Crippen molar-refractivity contribution in [1.82, 2.24) is 16.0 Å². The van der Waals surface area contributed by atoms with Crippen molar-refractivity contribution in [3.05, 3.63) is 64.7 Å². The number of ether oxygens (including phenoxy) is 1. The molecule has 1 unspecified atom stereocenters. The molecule has 0 fully saturated rings. The molecule has 0 saturated heterocycles. The Balaban J connectivity index is 0.00000450. The number of hydrogen-bond donors (Lipinski definition) is 3. The van der Waals surface area contributed by atoms with E-state index in [4.69, 9.17) is 16.3 Å². The van der Waals surface area contributed by atoms with Gasteiger partial charge < -0.3 is 20.7 Å². The maximum atomic E-state index is 11.8. The van der Waals surface area contributed by atoms with Gasteiger partial charge >= 0.3 is 0 Å². The second kappa shape index (κ2) is 14.1. The predicted molar refractivity (Wildman–Crippen MR) is 134 cm³/mol. The Morgan fingerprint density at radius 1 is 1.17 bits per heavy atom. The lowest BCUT2D eigenvalue weighted by Crippen LogP contribution is -2.39. The molecule has 164 valence electrons. The second-order valence-electron chi connectivity index (χ2n) is 6.53. The maximum absolute atomic E-state index is 11.8. The fourth-order valence-electron chi connectivity index (χ4n) is 2.69. The highest BCUT2D eigenvalue weighted by molar-refractivity contribution is 14.0. The predicted octanol–water partition coefficient (Wildman–Crippen LogP) is 3.88. The lowest BCUT2D eigenvalue weighted by Gasteiger charge is -2.16. The summed E-state index contributed by atoms with van der Waals surface area (Å²) in [7, 11) is 1.63. The molecule has 0 radical (unpaired) electrons. The van der Waals surface area contributed by atoms with Crippen LogP contribution in [0.5, 0.6) is 5.75 Å². The van der Waals surface area contributed by atoms with Crippen LogP contribution in [0.15, 0.2) is 53.5 Å². The van der Waals surface area contributed by atoms with Crippen LogP contribution in [0.4, 0.5) is 0 Å². The molecule has 0 aliphatic rings. The van der Waals surface area contributed by atoms with Crippen molar-refractivity contribution in [3.8, 4) is 5.75 Å². The fraction of sp³-hybridized carbons (Fsp3) is 0.364. The number of benzene rings is 2. The molecule has 8 heteroatoms. The summed E-state index contributed by atoms with van der Waals surface area (Å²) in [6, 6.07) is 15.0. The standard InChI is InChI=1S/C22H29ClN4O2.HI/c1-4-25-22(27-15-16(2)29-20-11-6-5-10-19(20)23)26-13-12-17-8-7-9-18(14-17)21(28)24-3;/h5-11,14,16H,4,12-13,15H2,1-3H3,(H,24,28)(H2,25,26,27);1H. The van der Waals surface area contributed by atoms with Crippen LogP contribution >= 0.6 is 35.6 Å². The summed E-state index contributed by atoms with van der Waals surface area (Å²) >= 11 is 6.14. The zero-order chi connectivity index (χ0) is 21.1. The molecule has 0 bridgehead atoms. The number of amides is 1. The number of para-hydroxylation sites is 1. The molecular formula is C22H30ClIN4O2. The van der Waals surface area contributed by atoms with E-state index >= 15 is 0 Å². The monoisotopic (exact) mass is 544 g/mol. The van der Waals surface area contributed by atoms with E-state index in [-0.39, 0.29) is 36.0 Å². The molecule has 1 amide bonds. The molecule has 0 saturated carbocycles. The number of halogens is 2. The summed E-state index contributed by atoms with van der Waals surface area (Å²) in [6.07, 6.45) is 0.663. The van der Waals surface area contributed by atoms with Crippen LogP contribution in [-0.4, -0.2) is 44.7 Å². The lowest BCUT2D eigenvalue weighted by molar-refractivity contribution is 0.0963. The zero-order valence-corrected chi connectivity index (χ0v) is 20.7. The van der Waals surface area contributed by atoms with Crippen molar-refractivity contribution in [2.24, 2.45) is 4.99 Å². The normalized spacial score (nSPS) is 11.8. The number of hydrogen-bond acceptors (Lipinski definition) is 3. The minimum atomic E-state index is -0.116. The quantitative estimate of drug-likeness (QED) is 0.254. The van der Waals surface area contributed by atoms with Crippen LogP contribution in [0.2, 0.25) is 5.02 Å². The van der Waals surface area contributed by atoms with E-state index < -0.39 is 0 Å². The van der Waals surface area contributed by atoms with E-state index in [9.17, 15) is 4.79 Å². The Morgan fingerprint density at radius 3 is 2.63 bits per heavy atom. The fourth-order valence-corrected chi connectivity index (χ4v) is 2.87. The first kappa shape index (κ1) is 26.0. The topological polar surface area (TPSA) is 74.8 Å². The Bertz CT molecular complexity index is 832. The molecule has 1 atom stereocenters. The number of carbonyl (C=O) groups is 1. The number of carbonyl (C=O) groups excluding carboxylic acids is 1. The molecule has 2 aromatic carbocycles. The van der Waals surface area contributed by atoms with Gasteiger partial charge in [0.2, 0.25) is 0 Å². The van der Waals surface area contributed by atoms with Crippen LogP contribution in [0.3, 0.4) is 0 Å². The van der Waals surface area contributed by atoms with Gasteiger partial charge in [-0.05, 0) is 50.1 Å². The van der Waals surface area contributed by atoms with Gasteiger partial charge in [-0.2, -0.15) is 0 Å². The largest absolute Gasteiger partial charge is 0.487 e. The van der Waals surface area contributed by atoms with Gasteiger partial charge in [-0.25, -0.2) is 4.99 Å². The van der Waals surface area contributed by atoms with Gasteiger partial charge in [0.05, 0.1) is 11.6 Å².